The standard InChI is InChI=1S/C13H17ClN6O.C2HF3O2/c1-7(21)17-11-5-12(18-9-3-2-8(15)4-9)20-13(19-11)10(14)6-16-20;3-2(4,5)1(6)7/h5-6,8-9,18H,2-4,15H2,1H3,(H,17,19,21);(H,6,7)/t8-,9-;/m1./s1. The van der Waals surface area contributed by atoms with Crippen LogP contribution >= 0.6 is 11.6 Å². The predicted molar refractivity (Wildman–Crippen MR) is 91.3 cm³/mol. The van der Waals surface area contributed by atoms with Gasteiger partial charge in [-0.3, -0.25) is 4.79 Å². The molecule has 0 bridgehead atoms. The summed E-state index contributed by atoms with van der Waals surface area (Å²) >= 11 is 6.10. The van der Waals surface area contributed by atoms with E-state index in [4.69, 9.17) is 21.5 Å². The van der Waals surface area contributed by atoms with Gasteiger partial charge in [0.1, 0.15) is 22.6 Å². The first-order valence-corrected chi connectivity index (χ1v) is 8.54. The number of halogens is 4. The van der Waals surface area contributed by atoms with E-state index in [1.165, 1.54) is 6.92 Å². The minimum absolute atomic E-state index is 0.174. The number of nitrogens with zero attached hydrogens (tertiary/aromatic N) is 3. The van der Waals surface area contributed by atoms with Gasteiger partial charge >= 0.3 is 6.18 Å². The average Bonchev–Trinajstić information content (AvgIpc) is 3.13. The van der Waals surface area contributed by atoms with Crippen molar-refractivity contribution in [2.24, 2.45) is 0 Å². The quantitative estimate of drug-likeness (QED) is 0.646. The molecule has 3 rings (SSSR count). The normalized spacial score (nSPS) is 19.1. The second kappa shape index (κ2) is 8.61. The minimum Gasteiger partial charge on any atom is -0.542 e. The van der Waals surface area contributed by atoms with Gasteiger partial charge in [0.2, 0.25) is 5.91 Å². The number of amides is 1. The molecule has 1 aliphatic carbocycles. The first-order valence-electron chi connectivity index (χ1n) is 8.17. The molecule has 28 heavy (non-hydrogen) atoms. The van der Waals surface area contributed by atoms with Gasteiger partial charge in [-0.05, 0) is 6.42 Å². The molecule has 1 fully saturated rings. The number of aliphatic carboxylic acids is 1. The summed E-state index contributed by atoms with van der Waals surface area (Å²) in [4.78, 5) is 24.3. The van der Waals surface area contributed by atoms with E-state index >= 15 is 0 Å². The third kappa shape index (κ3) is 5.70. The molecular formula is C15H18ClF3N6O3. The fourth-order valence-electron chi connectivity index (χ4n) is 2.70. The second-order valence-electron chi connectivity index (χ2n) is 6.24. The molecule has 0 aromatic carbocycles. The summed E-state index contributed by atoms with van der Waals surface area (Å²) < 4.78 is 33.2. The number of carbonyl (C=O) groups excluding carboxylic acids is 2. The number of hydrogen-bond donors (Lipinski definition) is 3. The fourth-order valence-corrected chi connectivity index (χ4v) is 2.86. The molecule has 2 aromatic rings. The van der Waals surface area contributed by atoms with E-state index in [0.29, 0.717) is 28.6 Å². The maximum atomic E-state index is 11.2. The van der Waals surface area contributed by atoms with Gasteiger partial charge in [-0.25, -0.2) is 4.98 Å². The smallest absolute Gasteiger partial charge is 0.430 e. The van der Waals surface area contributed by atoms with Crippen LogP contribution in [0.15, 0.2) is 12.3 Å². The Bertz CT molecular complexity index is 873. The van der Waals surface area contributed by atoms with Crippen LogP contribution in [0.5, 0.6) is 0 Å². The van der Waals surface area contributed by atoms with E-state index < -0.39 is 12.1 Å². The number of carbonyl (C=O) groups is 2. The highest BCUT2D eigenvalue weighted by atomic mass is 35.5. The van der Waals surface area contributed by atoms with E-state index in [0.717, 1.165) is 25.1 Å². The summed E-state index contributed by atoms with van der Waals surface area (Å²) in [6, 6.07) is 2.61. The topological polar surface area (TPSA) is 139 Å². The summed E-state index contributed by atoms with van der Waals surface area (Å²) in [6.07, 6.45) is -0.438. The first-order chi connectivity index (χ1) is 13.0. The van der Waals surface area contributed by atoms with E-state index in [9.17, 15) is 18.0 Å². The molecule has 2 heterocycles. The van der Waals surface area contributed by atoms with Crippen molar-refractivity contribution in [3.8, 4) is 0 Å². The van der Waals surface area contributed by atoms with Gasteiger partial charge < -0.3 is 26.3 Å². The second-order valence-corrected chi connectivity index (χ2v) is 6.65. The Kier molecular flexibility index (Phi) is 6.67. The molecule has 13 heteroatoms. The lowest BCUT2D eigenvalue weighted by molar-refractivity contribution is -0.417. The Morgan fingerprint density at radius 3 is 2.54 bits per heavy atom. The molecule has 0 saturated heterocycles. The Hall–Kier alpha value is -2.60. The summed E-state index contributed by atoms with van der Waals surface area (Å²) in [7, 11) is 0. The lowest BCUT2D eigenvalue weighted by atomic mass is 10.2. The van der Waals surface area contributed by atoms with E-state index in [1.807, 2.05) is 0 Å². The zero-order valence-corrected chi connectivity index (χ0v) is 15.5. The molecule has 0 aliphatic heterocycles. The predicted octanol–water partition coefficient (Wildman–Crippen LogP) is 0.215. The average molecular weight is 423 g/mol. The third-order valence-corrected chi connectivity index (χ3v) is 4.12. The molecule has 1 aliphatic rings. The van der Waals surface area contributed by atoms with Crippen molar-refractivity contribution in [1.82, 2.24) is 14.6 Å². The number of aromatic nitrogens is 3. The SMILES string of the molecule is CC(=O)Nc1cc(N[C@@H]2CC[C@@H]([NH3+])C2)n2ncc(Cl)c2n1.O=C([O-])C(F)(F)F. The molecule has 1 amide bonds. The molecule has 0 unspecified atom stereocenters. The molecule has 2 aromatic heterocycles. The molecule has 0 radical (unpaired) electrons. The van der Waals surface area contributed by atoms with Gasteiger partial charge in [-0.2, -0.15) is 22.8 Å². The van der Waals surface area contributed by atoms with Crippen LogP contribution in [-0.4, -0.2) is 44.7 Å². The number of alkyl halides is 3. The van der Waals surface area contributed by atoms with E-state index in [-0.39, 0.29) is 5.91 Å². The summed E-state index contributed by atoms with van der Waals surface area (Å²) in [5, 5.41) is 19.6. The van der Waals surface area contributed by atoms with Crippen LogP contribution in [-0.2, 0) is 9.59 Å². The number of hydrogen-bond acceptors (Lipinski definition) is 6. The van der Waals surface area contributed by atoms with Crippen molar-refractivity contribution < 1.29 is 33.6 Å². The third-order valence-electron chi connectivity index (χ3n) is 3.86. The Balaban J connectivity index is 0.000000345. The van der Waals surface area contributed by atoms with E-state index in [2.05, 4.69) is 26.4 Å². The van der Waals surface area contributed by atoms with Crippen LogP contribution in [0, 0.1) is 0 Å². The Morgan fingerprint density at radius 1 is 1.39 bits per heavy atom. The zero-order valence-electron chi connectivity index (χ0n) is 14.7. The van der Waals surface area contributed by atoms with E-state index in [1.54, 1.807) is 16.8 Å². The highest BCUT2D eigenvalue weighted by Crippen LogP contribution is 2.25. The highest BCUT2D eigenvalue weighted by molar-refractivity contribution is 6.33. The highest BCUT2D eigenvalue weighted by Gasteiger charge is 2.29. The van der Waals surface area contributed by atoms with Gasteiger partial charge in [0.05, 0.1) is 12.2 Å². The fraction of sp³-hybridized carbons (Fsp3) is 0.467. The van der Waals surface area contributed by atoms with Crippen LogP contribution in [0.2, 0.25) is 5.02 Å². The van der Waals surface area contributed by atoms with Crippen molar-refractivity contribution >= 4 is 40.8 Å². The van der Waals surface area contributed by atoms with Crippen LogP contribution in [0.1, 0.15) is 26.2 Å². The molecule has 0 spiro atoms. The van der Waals surface area contributed by atoms with Crippen molar-refractivity contribution in [3.05, 3.63) is 17.3 Å². The van der Waals surface area contributed by atoms with Crippen molar-refractivity contribution in [2.45, 2.75) is 44.4 Å². The van der Waals surface area contributed by atoms with Gasteiger partial charge in [0.15, 0.2) is 5.65 Å². The molecule has 154 valence electrons. The molecule has 9 nitrogen and oxygen atoms in total. The van der Waals surface area contributed by atoms with Crippen molar-refractivity contribution in [1.29, 1.82) is 0 Å². The lowest BCUT2D eigenvalue weighted by Gasteiger charge is -2.15. The number of anilines is 2. The van der Waals surface area contributed by atoms with Gasteiger partial charge in [0.25, 0.3) is 0 Å². The van der Waals surface area contributed by atoms with Crippen LogP contribution in [0.4, 0.5) is 24.8 Å². The van der Waals surface area contributed by atoms with Crippen molar-refractivity contribution in [2.75, 3.05) is 10.6 Å². The number of rotatable bonds is 3. The number of nitrogens with one attached hydrogen (secondary N) is 2. The summed E-state index contributed by atoms with van der Waals surface area (Å²) in [6.45, 7) is 1.45. The maximum Gasteiger partial charge on any atom is 0.430 e. The Labute approximate surface area is 162 Å². The Morgan fingerprint density at radius 2 is 2.04 bits per heavy atom. The maximum absolute atomic E-state index is 11.2. The number of carboxylic acid groups (broad SMARTS) is 1. The van der Waals surface area contributed by atoms with Crippen LogP contribution < -0.4 is 21.5 Å². The van der Waals surface area contributed by atoms with Gasteiger partial charge in [0, 0.05) is 31.9 Å². The summed E-state index contributed by atoms with van der Waals surface area (Å²) in [5.41, 5.74) is 4.62. The van der Waals surface area contributed by atoms with Crippen molar-refractivity contribution in [3.63, 3.8) is 0 Å². The zero-order chi connectivity index (χ0) is 21.1. The number of quaternary nitrogens is 1. The molecule has 5 N–H and O–H groups in total. The monoisotopic (exact) mass is 422 g/mol. The first kappa shape index (κ1) is 21.7. The van der Waals surface area contributed by atoms with Crippen LogP contribution in [0.3, 0.4) is 0 Å². The number of fused-ring (bicyclic) bond motifs is 1. The lowest BCUT2D eigenvalue weighted by Crippen LogP contribution is -2.59. The molecule has 2 atom stereocenters. The van der Waals surface area contributed by atoms with Gasteiger partial charge in [-0.15, -0.1) is 0 Å². The summed E-state index contributed by atoms with van der Waals surface area (Å²) in [5.74, 6) is -1.95. The number of carboxylic acids is 1. The van der Waals surface area contributed by atoms with Gasteiger partial charge in [-0.1, -0.05) is 11.6 Å². The van der Waals surface area contributed by atoms with Crippen LogP contribution in [0.25, 0.3) is 5.65 Å². The molecule has 1 saturated carbocycles. The largest absolute Gasteiger partial charge is 0.542 e. The molecular weight excluding hydrogens is 405 g/mol. The minimum atomic E-state index is -5.19.